The lowest BCUT2D eigenvalue weighted by Gasteiger charge is -2.19. The fourth-order valence-electron chi connectivity index (χ4n) is 12.6. The van der Waals surface area contributed by atoms with E-state index in [1.807, 2.05) is 146 Å². The highest BCUT2D eigenvalue weighted by atomic mass is 16.6. The molecule has 10 aromatic rings. The van der Waals surface area contributed by atoms with E-state index in [9.17, 15) is 28.8 Å². The lowest BCUT2D eigenvalue weighted by molar-refractivity contribution is -0.131. The number of benzene rings is 10. The molecule has 0 N–H and O–H groups in total. The van der Waals surface area contributed by atoms with E-state index in [0.717, 1.165) is 77.0 Å². The molecule has 24 nitrogen and oxygen atoms in total. The topological polar surface area (TPSA) is 233 Å². The average Bonchev–Trinajstić information content (AvgIpc) is 0.722. The van der Waals surface area contributed by atoms with Crippen molar-refractivity contribution in [2.45, 2.75) is 119 Å². The van der Waals surface area contributed by atoms with Gasteiger partial charge in [0, 0.05) is 150 Å². The summed E-state index contributed by atoms with van der Waals surface area (Å²) in [7, 11) is 10.5. The highest BCUT2D eigenvalue weighted by molar-refractivity contribution is 6.27. The second-order valence-corrected chi connectivity index (χ2v) is 29.8. The van der Waals surface area contributed by atoms with E-state index in [1.165, 1.54) is 110 Å². The van der Waals surface area contributed by atoms with Crippen LogP contribution in [0, 0.1) is 0 Å². The number of hydrogen-bond acceptors (Lipinski definition) is 24. The van der Waals surface area contributed by atoms with Gasteiger partial charge in [0.05, 0.1) is 39.6 Å². The molecule has 660 valence electrons. The first kappa shape index (κ1) is 94.1. The molecule has 0 aromatic heterocycles. The number of rotatable bonds is 48. The standard InChI is InChI=1S/C102H114N6O18/c1-13-19-61-115-79-37-25-73(26-38-79)103(7)55-49-97(109)121-91-67-85-86(68-92(91)122-98(110)50-56-104(8)74-27-39-80(40-28-74)116-62-20-14-2)88-70-94(124-100(112)52-58-106(10)76-31-43-82(44-32-76)118-64-22-16-4)96(126-102(114)54-60-108(12)78-35-47-84(48-36-78)120-66-24-18-6)72-90(88)89-71-95(125-101(113)53-59-107(11)77-33-45-83(46-34-77)119-65-23-17-5)93(69-87(85)89)123-99(111)51-57-105(9)75-29-41-81(42-30-75)117-63-21-15-3/h25-60,67-72H,13-24,61-66H2,1-12H3. The van der Waals surface area contributed by atoms with Crippen LogP contribution in [0.25, 0.3) is 32.3 Å². The first-order valence-corrected chi connectivity index (χ1v) is 42.8. The summed E-state index contributed by atoms with van der Waals surface area (Å²) in [5.74, 6) is -2.90. The zero-order valence-electron chi connectivity index (χ0n) is 74.0. The van der Waals surface area contributed by atoms with Gasteiger partial charge >= 0.3 is 35.8 Å². The number of fused-ring (bicyclic) bond motifs is 6. The van der Waals surface area contributed by atoms with Crippen molar-refractivity contribution in [3.05, 3.63) is 256 Å². The quantitative estimate of drug-likeness (QED) is 0.0113. The maximum Gasteiger partial charge on any atom is 0.337 e. The third kappa shape index (κ3) is 28.5. The number of hydrogen-bond donors (Lipinski definition) is 0. The second-order valence-electron chi connectivity index (χ2n) is 29.8. The lowest BCUT2D eigenvalue weighted by atomic mass is 9.93. The summed E-state index contributed by atoms with van der Waals surface area (Å²) in [6, 6.07) is 53.0. The van der Waals surface area contributed by atoms with Crippen LogP contribution in [0.4, 0.5) is 34.1 Å². The van der Waals surface area contributed by atoms with Crippen molar-refractivity contribution >= 4 is 102 Å². The van der Waals surface area contributed by atoms with Crippen molar-refractivity contribution in [3.8, 4) is 69.0 Å². The Labute approximate surface area is 738 Å². The molecule has 0 aliphatic heterocycles. The van der Waals surface area contributed by atoms with E-state index in [4.69, 9.17) is 56.8 Å². The van der Waals surface area contributed by atoms with Gasteiger partial charge in [0.1, 0.15) is 34.5 Å². The van der Waals surface area contributed by atoms with Crippen LogP contribution in [0.1, 0.15) is 119 Å². The van der Waals surface area contributed by atoms with Crippen LogP contribution in [0.5, 0.6) is 69.0 Å². The molecule has 0 saturated heterocycles. The molecular weight excluding hydrogens is 1600 g/mol. The highest BCUT2D eigenvalue weighted by Crippen LogP contribution is 2.48. The predicted octanol–water partition coefficient (Wildman–Crippen LogP) is 21.6. The van der Waals surface area contributed by atoms with Crippen LogP contribution in [-0.2, 0) is 28.8 Å². The van der Waals surface area contributed by atoms with Gasteiger partial charge in [-0.1, -0.05) is 80.1 Å². The van der Waals surface area contributed by atoms with Gasteiger partial charge < -0.3 is 86.2 Å². The third-order valence-electron chi connectivity index (χ3n) is 20.1. The maximum absolute atomic E-state index is 14.6. The Morgan fingerprint density at radius 3 is 0.460 bits per heavy atom. The minimum atomic E-state index is -0.900. The molecule has 10 aromatic carbocycles. The van der Waals surface area contributed by atoms with E-state index >= 15 is 0 Å². The van der Waals surface area contributed by atoms with Crippen molar-refractivity contribution in [1.29, 1.82) is 0 Å². The van der Waals surface area contributed by atoms with Crippen LogP contribution < -0.4 is 86.2 Å². The van der Waals surface area contributed by atoms with Crippen molar-refractivity contribution in [2.24, 2.45) is 0 Å². The molecular formula is C102H114N6O18. The van der Waals surface area contributed by atoms with Gasteiger partial charge in [-0.15, -0.1) is 0 Å². The Morgan fingerprint density at radius 1 is 0.214 bits per heavy atom. The summed E-state index contributed by atoms with van der Waals surface area (Å²) in [4.78, 5) is 98.0. The molecule has 126 heavy (non-hydrogen) atoms. The number of esters is 6. The largest absolute Gasteiger partial charge is 0.494 e. The first-order chi connectivity index (χ1) is 61.1. The average molecular weight is 1710 g/mol. The Kier molecular flexibility index (Phi) is 36.3. The molecule has 0 heterocycles. The minimum Gasteiger partial charge on any atom is -0.494 e. The molecule has 0 atom stereocenters. The van der Waals surface area contributed by atoms with Gasteiger partial charge in [0.25, 0.3) is 0 Å². The normalized spacial score (nSPS) is 11.4. The fourth-order valence-corrected chi connectivity index (χ4v) is 12.6. The smallest absolute Gasteiger partial charge is 0.337 e. The van der Waals surface area contributed by atoms with E-state index in [1.54, 1.807) is 71.7 Å². The molecule has 0 amide bonds. The van der Waals surface area contributed by atoms with E-state index in [2.05, 4.69) is 41.5 Å². The number of ether oxygens (including phenoxy) is 12. The van der Waals surface area contributed by atoms with Crippen molar-refractivity contribution in [1.82, 2.24) is 0 Å². The highest BCUT2D eigenvalue weighted by Gasteiger charge is 2.25. The van der Waals surface area contributed by atoms with Gasteiger partial charge in [-0.05, 0) is 253 Å². The van der Waals surface area contributed by atoms with Crippen LogP contribution in [0.3, 0.4) is 0 Å². The van der Waals surface area contributed by atoms with Gasteiger partial charge in [0.2, 0.25) is 0 Å². The zero-order chi connectivity index (χ0) is 89.7. The number of carbonyl (C=O) groups is 6. The Hall–Kier alpha value is -14.2. The summed E-state index contributed by atoms with van der Waals surface area (Å²) in [6.45, 7) is 15.9. The molecule has 0 radical (unpaired) electrons. The van der Waals surface area contributed by atoms with Crippen molar-refractivity contribution in [3.63, 3.8) is 0 Å². The second kappa shape index (κ2) is 48.6. The van der Waals surface area contributed by atoms with E-state index in [0.29, 0.717) is 108 Å². The van der Waals surface area contributed by atoms with Gasteiger partial charge in [-0.3, -0.25) is 0 Å². The molecule has 0 aliphatic carbocycles. The molecule has 0 aliphatic rings. The molecule has 0 unspecified atom stereocenters. The number of anilines is 6. The first-order valence-electron chi connectivity index (χ1n) is 42.8. The monoisotopic (exact) mass is 1710 g/mol. The van der Waals surface area contributed by atoms with Crippen LogP contribution in [0.2, 0.25) is 0 Å². The molecule has 0 saturated carbocycles. The lowest BCUT2D eigenvalue weighted by Crippen LogP contribution is -2.14. The summed E-state index contributed by atoms with van der Waals surface area (Å²) >= 11 is 0. The number of unbranched alkanes of at least 4 members (excludes halogenated alkanes) is 6. The summed E-state index contributed by atoms with van der Waals surface area (Å²) in [6.07, 6.45) is 27.5. The minimum absolute atomic E-state index is 0.243. The SMILES string of the molecule is CCCCOc1ccc(N(C)C=CC(=O)Oc2cc3c4cc(OC(=O)C=CN(C)c5ccc(OCCCC)cc5)c(OC(=O)C=CN(C)c5ccc(OCCCC)cc5)cc4c4cc(OC(=O)C=CN(C)c5ccc(OCCCC)cc5)c(OC(=O)C=CN(C)c5ccc(OCCCC)cc5)cc4c3cc2OC(=O)C=CN(C)c2ccc(OCCCC)cc2)cc1. The van der Waals surface area contributed by atoms with Crippen molar-refractivity contribution < 1.29 is 85.6 Å². The molecule has 0 bridgehead atoms. The Morgan fingerprint density at radius 2 is 0.341 bits per heavy atom. The summed E-state index contributed by atoms with van der Waals surface area (Å²) < 4.78 is 73.3. The fraction of sp³-hybridized carbons (Fsp3) is 0.294. The van der Waals surface area contributed by atoms with E-state index < -0.39 is 35.8 Å². The van der Waals surface area contributed by atoms with E-state index in [-0.39, 0.29) is 66.8 Å². The van der Waals surface area contributed by atoms with Gasteiger partial charge in [0.15, 0.2) is 34.5 Å². The summed E-state index contributed by atoms with van der Waals surface area (Å²) in [5.41, 5.74) is 4.27. The molecule has 24 heteroatoms. The number of nitrogens with zero attached hydrogens (tertiary/aromatic N) is 6. The van der Waals surface area contributed by atoms with Crippen molar-refractivity contribution in [2.75, 3.05) is 111 Å². The zero-order valence-corrected chi connectivity index (χ0v) is 74.0. The van der Waals surface area contributed by atoms with Gasteiger partial charge in [-0.2, -0.15) is 0 Å². The van der Waals surface area contributed by atoms with Crippen LogP contribution in [-0.4, -0.2) is 118 Å². The third-order valence-corrected chi connectivity index (χ3v) is 20.1. The van der Waals surface area contributed by atoms with Gasteiger partial charge in [-0.25, -0.2) is 28.8 Å². The van der Waals surface area contributed by atoms with Crippen LogP contribution >= 0.6 is 0 Å². The van der Waals surface area contributed by atoms with Crippen LogP contribution in [0.15, 0.2) is 256 Å². The summed E-state index contributed by atoms with van der Waals surface area (Å²) in [5, 5.41) is 1.46. The molecule has 0 fully saturated rings. The Balaban J connectivity index is 1.16. The number of carbonyl (C=O) groups excluding carboxylic acids is 6. The maximum atomic E-state index is 14.6. The Bertz CT molecular complexity index is 4560. The molecule has 0 spiro atoms. The molecule has 10 rings (SSSR count). The predicted molar refractivity (Wildman–Crippen MR) is 499 cm³/mol.